The first-order valence-corrected chi connectivity index (χ1v) is 12.2. The number of guanidine groups is 1. The van der Waals surface area contributed by atoms with E-state index in [1.165, 1.54) is 12.8 Å². The zero-order valence-corrected chi connectivity index (χ0v) is 18.9. The first kappa shape index (κ1) is 21.8. The van der Waals surface area contributed by atoms with Gasteiger partial charge in [0.1, 0.15) is 0 Å². The molecule has 1 amide bonds. The average Bonchev–Trinajstić information content (AvgIpc) is 3.21. The molecule has 6 nitrogen and oxygen atoms in total. The maximum atomic E-state index is 12.6. The predicted octanol–water partition coefficient (Wildman–Crippen LogP) is 2.11. The van der Waals surface area contributed by atoms with Gasteiger partial charge in [0.25, 0.3) is 0 Å². The number of amides is 1. The highest BCUT2D eigenvalue weighted by atomic mass is 32.2. The molecular weight excluding hydrogens is 370 g/mol. The van der Waals surface area contributed by atoms with Crippen molar-refractivity contribution in [1.29, 1.82) is 0 Å². The molecule has 1 saturated carbocycles. The fourth-order valence-corrected chi connectivity index (χ4v) is 5.65. The van der Waals surface area contributed by atoms with Gasteiger partial charge in [-0.3, -0.25) is 14.7 Å². The lowest BCUT2D eigenvalue weighted by Gasteiger charge is -2.39. The lowest BCUT2D eigenvalue weighted by molar-refractivity contribution is -0.137. The number of aliphatic imine (C=N–C) groups is 1. The van der Waals surface area contributed by atoms with Crippen molar-refractivity contribution in [2.24, 2.45) is 10.9 Å². The average molecular weight is 410 g/mol. The van der Waals surface area contributed by atoms with E-state index in [1.807, 2.05) is 0 Å². The molecule has 160 valence electrons. The van der Waals surface area contributed by atoms with Crippen LogP contribution in [0.1, 0.15) is 46.5 Å². The minimum Gasteiger partial charge on any atom is -0.357 e. The van der Waals surface area contributed by atoms with E-state index in [1.54, 1.807) is 0 Å². The van der Waals surface area contributed by atoms with Crippen LogP contribution in [0.5, 0.6) is 0 Å². The van der Waals surface area contributed by atoms with Gasteiger partial charge in [0.05, 0.1) is 6.54 Å². The fraction of sp³-hybridized carbons (Fsp3) is 0.905. The van der Waals surface area contributed by atoms with Crippen molar-refractivity contribution in [3.05, 3.63) is 0 Å². The summed E-state index contributed by atoms with van der Waals surface area (Å²) in [6.45, 7) is 15.3. The molecule has 0 aromatic heterocycles. The van der Waals surface area contributed by atoms with Crippen LogP contribution in [0.15, 0.2) is 4.99 Å². The minimum atomic E-state index is 0.288. The molecule has 2 aliphatic heterocycles. The number of hydrogen-bond acceptors (Lipinski definition) is 4. The molecule has 0 bridgehead atoms. The van der Waals surface area contributed by atoms with Crippen LogP contribution in [0, 0.1) is 5.92 Å². The summed E-state index contributed by atoms with van der Waals surface area (Å²) in [5, 5.41) is 3.48. The van der Waals surface area contributed by atoms with Crippen LogP contribution in [-0.4, -0.2) is 96.0 Å². The molecule has 3 rings (SSSR count). The second-order valence-corrected chi connectivity index (χ2v) is 10.7. The van der Waals surface area contributed by atoms with Gasteiger partial charge < -0.3 is 15.1 Å². The molecule has 0 aromatic carbocycles. The van der Waals surface area contributed by atoms with Gasteiger partial charge in [0.15, 0.2) is 5.96 Å². The van der Waals surface area contributed by atoms with Gasteiger partial charge in [0, 0.05) is 68.8 Å². The Labute approximate surface area is 175 Å². The zero-order valence-electron chi connectivity index (χ0n) is 18.1. The standard InChI is InChI=1S/C21H39N5OS/c1-4-22-20(26-15-16-28-21(2,3)17-26)23-9-10-24-11-13-25(14-12-24)19(27)18-7-5-6-8-18/h18H,4-17H2,1-3H3,(H,22,23). The molecule has 7 heteroatoms. The maximum Gasteiger partial charge on any atom is 0.225 e. The van der Waals surface area contributed by atoms with Crippen LogP contribution in [0.25, 0.3) is 0 Å². The van der Waals surface area contributed by atoms with E-state index in [-0.39, 0.29) is 4.75 Å². The molecule has 2 saturated heterocycles. The van der Waals surface area contributed by atoms with Gasteiger partial charge in [-0.05, 0) is 33.6 Å². The van der Waals surface area contributed by atoms with Gasteiger partial charge in [-0.15, -0.1) is 0 Å². The van der Waals surface area contributed by atoms with Crippen molar-refractivity contribution in [2.45, 2.75) is 51.2 Å². The monoisotopic (exact) mass is 409 g/mol. The fourth-order valence-electron chi connectivity index (χ4n) is 4.54. The Balaban J connectivity index is 1.43. The summed E-state index contributed by atoms with van der Waals surface area (Å²) in [6.07, 6.45) is 4.67. The summed E-state index contributed by atoms with van der Waals surface area (Å²) >= 11 is 2.05. The van der Waals surface area contributed by atoms with E-state index in [9.17, 15) is 4.79 Å². The van der Waals surface area contributed by atoms with E-state index < -0.39 is 0 Å². The molecule has 3 fully saturated rings. The molecule has 28 heavy (non-hydrogen) atoms. The third-order valence-electron chi connectivity index (χ3n) is 6.13. The highest BCUT2D eigenvalue weighted by Crippen LogP contribution is 2.29. The Morgan fingerprint density at radius 1 is 1.11 bits per heavy atom. The molecule has 3 aliphatic rings. The normalized spacial score (nSPS) is 24.6. The van der Waals surface area contributed by atoms with Crippen LogP contribution in [0.4, 0.5) is 0 Å². The second-order valence-electron chi connectivity index (χ2n) is 8.91. The van der Waals surface area contributed by atoms with Crippen molar-refractivity contribution in [2.75, 3.05) is 64.7 Å². The summed E-state index contributed by atoms with van der Waals surface area (Å²) < 4.78 is 0.288. The molecular formula is C21H39N5OS. The van der Waals surface area contributed by atoms with E-state index in [0.717, 1.165) is 83.5 Å². The van der Waals surface area contributed by atoms with Gasteiger partial charge >= 0.3 is 0 Å². The quantitative estimate of drug-likeness (QED) is 0.557. The van der Waals surface area contributed by atoms with Gasteiger partial charge in [-0.25, -0.2) is 0 Å². The Morgan fingerprint density at radius 3 is 2.46 bits per heavy atom. The molecule has 1 aliphatic carbocycles. The van der Waals surface area contributed by atoms with E-state index in [4.69, 9.17) is 4.99 Å². The summed E-state index contributed by atoms with van der Waals surface area (Å²) in [5.74, 6) is 2.95. The van der Waals surface area contributed by atoms with Crippen LogP contribution >= 0.6 is 11.8 Å². The van der Waals surface area contributed by atoms with Crippen LogP contribution in [-0.2, 0) is 4.79 Å². The largest absolute Gasteiger partial charge is 0.357 e. The highest BCUT2D eigenvalue weighted by molar-refractivity contribution is 8.00. The van der Waals surface area contributed by atoms with Crippen LogP contribution in [0.2, 0.25) is 0 Å². The van der Waals surface area contributed by atoms with Crippen molar-refractivity contribution < 1.29 is 4.79 Å². The third-order valence-corrected chi connectivity index (χ3v) is 7.42. The number of nitrogens with one attached hydrogen (secondary N) is 1. The molecule has 0 radical (unpaired) electrons. The molecule has 0 unspecified atom stereocenters. The third kappa shape index (κ3) is 6.02. The molecule has 0 aromatic rings. The topological polar surface area (TPSA) is 51.2 Å². The van der Waals surface area contributed by atoms with Crippen molar-refractivity contribution in [3.63, 3.8) is 0 Å². The number of rotatable bonds is 5. The number of piperazine rings is 1. The van der Waals surface area contributed by atoms with Gasteiger partial charge in [0.2, 0.25) is 5.91 Å². The zero-order chi connectivity index (χ0) is 20.0. The summed E-state index contributed by atoms with van der Waals surface area (Å²) in [4.78, 5) is 24.5. The number of thioether (sulfide) groups is 1. The van der Waals surface area contributed by atoms with Crippen molar-refractivity contribution in [3.8, 4) is 0 Å². The molecule has 0 spiro atoms. The first-order chi connectivity index (χ1) is 13.5. The van der Waals surface area contributed by atoms with E-state index in [0.29, 0.717) is 11.8 Å². The number of hydrogen-bond donors (Lipinski definition) is 1. The summed E-state index contributed by atoms with van der Waals surface area (Å²) in [6, 6.07) is 0. The Hall–Kier alpha value is -0.950. The summed E-state index contributed by atoms with van der Waals surface area (Å²) in [5.41, 5.74) is 0. The second kappa shape index (κ2) is 10.2. The van der Waals surface area contributed by atoms with E-state index in [2.05, 4.69) is 52.5 Å². The Kier molecular flexibility index (Phi) is 7.92. The Morgan fingerprint density at radius 2 is 1.82 bits per heavy atom. The lowest BCUT2D eigenvalue weighted by Crippen LogP contribution is -2.52. The number of nitrogens with zero attached hydrogens (tertiary/aromatic N) is 4. The Bertz CT molecular complexity index is 539. The van der Waals surface area contributed by atoms with Gasteiger partial charge in [-0.1, -0.05) is 12.8 Å². The number of carbonyl (C=O) groups excluding carboxylic acids is 1. The lowest BCUT2D eigenvalue weighted by atomic mass is 10.1. The smallest absolute Gasteiger partial charge is 0.225 e. The van der Waals surface area contributed by atoms with Crippen LogP contribution < -0.4 is 5.32 Å². The van der Waals surface area contributed by atoms with E-state index >= 15 is 0 Å². The van der Waals surface area contributed by atoms with Crippen molar-refractivity contribution >= 4 is 23.6 Å². The molecule has 2 heterocycles. The van der Waals surface area contributed by atoms with Crippen LogP contribution in [0.3, 0.4) is 0 Å². The predicted molar refractivity (Wildman–Crippen MR) is 119 cm³/mol. The maximum absolute atomic E-state index is 12.6. The van der Waals surface area contributed by atoms with Crippen molar-refractivity contribution in [1.82, 2.24) is 20.0 Å². The highest BCUT2D eigenvalue weighted by Gasteiger charge is 2.30. The molecule has 1 N–H and O–H groups in total. The van der Waals surface area contributed by atoms with Gasteiger partial charge in [-0.2, -0.15) is 11.8 Å². The molecule has 0 atom stereocenters. The summed E-state index contributed by atoms with van der Waals surface area (Å²) in [7, 11) is 0. The first-order valence-electron chi connectivity index (χ1n) is 11.2. The number of carbonyl (C=O) groups is 1. The SMILES string of the molecule is CCNC(=NCCN1CCN(C(=O)C2CCCC2)CC1)N1CCSC(C)(C)C1. The minimum absolute atomic E-state index is 0.288.